The van der Waals surface area contributed by atoms with Crippen LogP contribution in [0.2, 0.25) is 0 Å². The number of Topliss-reactive ketones (excluding diaryl/α,β-unsaturated/α-hetero) is 1. The van der Waals surface area contributed by atoms with E-state index in [0.29, 0.717) is 76.4 Å². The van der Waals surface area contributed by atoms with E-state index >= 15 is 0 Å². The van der Waals surface area contributed by atoms with Crippen molar-refractivity contribution >= 4 is 101 Å². The number of benzene rings is 3. The van der Waals surface area contributed by atoms with E-state index in [1.165, 1.54) is 48.8 Å². The van der Waals surface area contributed by atoms with Crippen LogP contribution < -0.4 is 36.1 Å². The number of fused-ring (bicyclic) bond motifs is 5. The van der Waals surface area contributed by atoms with Gasteiger partial charge in [-0.1, -0.05) is 66.8 Å². The molecule has 2 aromatic heterocycles. The number of ketones is 1. The molecule has 0 bridgehead atoms. The quantitative estimate of drug-likeness (QED) is 0.0324. The highest BCUT2D eigenvalue weighted by molar-refractivity contribution is 8.77. The van der Waals surface area contributed by atoms with Gasteiger partial charge in [-0.25, -0.2) is 0 Å². The molecule has 5 aromatic rings. The number of nitrogens with two attached hydrogens (primary N) is 1. The van der Waals surface area contributed by atoms with Crippen molar-refractivity contribution in [1.29, 1.82) is 0 Å². The number of aromatic nitrogens is 1. The molecule has 2 atom stereocenters. The SMILES string of the molecule is CCCCCC(C)c1ccc2c(c1)C[C@H]1C=Nc3cc(OCCCC(=O)CNc4cc(C(=O)Nc5ccc6sc(C(=O)NCC(C)(C)SSCCCC(N)=O)cc6c5)n(C)c4)c(OC)cc3C(=O)N21. The van der Waals surface area contributed by atoms with E-state index < -0.39 is 0 Å². The molecule has 7 rings (SSSR count). The molecule has 4 heterocycles. The number of aliphatic imine (C=N–C) groups is 1. The second-order valence-corrected chi connectivity index (χ2v) is 22.5. The second kappa shape index (κ2) is 23.2. The summed E-state index contributed by atoms with van der Waals surface area (Å²) in [5, 5.41) is 9.98. The van der Waals surface area contributed by atoms with Gasteiger partial charge in [-0.2, -0.15) is 0 Å². The molecule has 3 aromatic carbocycles. The maximum absolute atomic E-state index is 14.1. The molecule has 1 unspecified atom stereocenters. The molecule has 14 nitrogen and oxygen atoms in total. The van der Waals surface area contributed by atoms with Gasteiger partial charge < -0.3 is 35.7 Å². The minimum atomic E-state index is -0.320. The van der Waals surface area contributed by atoms with E-state index in [1.807, 2.05) is 35.4 Å². The molecule has 4 amide bonds. The maximum Gasteiger partial charge on any atom is 0.272 e. The first-order valence-corrected chi connectivity index (χ1v) is 26.8. The lowest BCUT2D eigenvalue weighted by Gasteiger charge is -2.23. The van der Waals surface area contributed by atoms with Crippen molar-refractivity contribution in [2.75, 3.05) is 48.1 Å². The number of rotatable bonds is 25. The van der Waals surface area contributed by atoms with Gasteiger partial charge in [-0.15, -0.1) is 11.3 Å². The molecule has 0 fully saturated rings. The number of nitrogens with zero attached hydrogens (tertiary/aromatic N) is 3. The number of hydrogen-bond donors (Lipinski definition) is 4. The van der Waals surface area contributed by atoms with E-state index in [0.717, 1.165) is 34.4 Å². The number of carbonyl (C=O) groups excluding carboxylic acids is 5. The van der Waals surface area contributed by atoms with Crippen molar-refractivity contribution in [3.05, 3.63) is 94.1 Å². The first-order chi connectivity index (χ1) is 33.1. The van der Waals surface area contributed by atoms with Crippen molar-refractivity contribution in [1.82, 2.24) is 9.88 Å². The van der Waals surface area contributed by atoms with Crippen molar-refractivity contribution in [2.24, 2.45) is 17.8 Å². The van der Waals surface area contributed by atoms with E-state index in [4.69, 9.17) is 20.2 Å². The fourth-order valence-electron chi connectivity index (χ4n) is 8.42. The monoisotopic (exact) mass is 993 g/mol. The largest absolute Gasteiger partial charge is 0.493 e. The molecular formula is C52H63N7O7S3. The first-order valence-electron chi connectivity index (χ1n) is 23.6. The third-order valence-electron chi connectivity index (χ3n) is 12.2. The Balaban J connectivity index is 0.859. The Kier molecular flexibility index (Phi) is 17.2. The highest BCUT2D eigenvalue weighted by Gasteiger charge is 2.37. The van der Waals surface area contributed by atoms with Crippen LogP contribution in [0.3, 0.4) is 0 Å². The zero-order valence-electron chi connectivity index (χ0n) is 40.3. The Morgan fingerprint density at radius 1 is 0.971 bits per heavy atom. The topological polar surface area (TPSA) is 186 Å². The Labute approximate surface area is 416 Å². The highest BCUT2D eigenvalue weighted by Crippen LogP contribution is 2.42. The van der Waals surface area contributed by atoms with Crippen molar-refractivity contribution in [3.8, 4) is 11.5 Å². The van der Waals surface area contributed by atoms with E-state index in [-0.39, 0.29) is 59.8 Å². The molecule has 2 aliphatic heterocycles. The number of unbranched alkanes of at least 4 members (excludes halogenated alkanes) is 2. The van der Waals surface area contributed by atoms with Gasteiger partial charge in [0.2, 0.25) is 5.91 Å². The van der Waals surface area contributed by atoms with Crippen LogP contribution in [0.25, 0.3) is 10.1 Å². The van der Waals surface area contributed by atoms with Gasteiger partial charge in [0.05, 0.1) is 48.1 Å². The van der Waals surface area contributed by atoms with Gasteiger partial charge >= 0.3 is 0 Å². The summed E-state index contributed by atoms with van der Waals surface area (Å²) in [4.78, 5) is 71.7. The van der Waals surface area contributed by atoms with Crippen LogP contribution in [0, 0.1) is 0 Å². The number of methoxy groups -OCH3 is 1. The molecule has 0 saturated carbocycles. The van der Waals surface area contributed by atoms with Gasteiger partial charge in [0.25, 0.3) is 17.7 Å². The van der Waals surface area contributed by atoms with Gasteiger partial charge in [0.15, 0.2) is 17.3 Å². The predicted molar refractivity (Wildman–Crippen MR) is 283 cm³/mol. The summed E-state index contributed by atoms with van der Waals surface area (Å²) >= 11 is 1.39. The minimum Gasteiger partial charge on any atom is -0.493 e. The Bertz CT molecular complexity index is 2730. The number of amides is 4. The smallest absolute Gasteiger partial charge is 0.272 e. The van der Waals surface area contributed by atoms with Crippen LogP contribution in [0.1, 0.15) is 127 Å². The summed E-state index contributed by atoms with van der Waals surface area (Å²) in [6, 6.07) is 18.8. The first kappa shape index (κ1) is 51.1. The third kappa shape index (κ3) is 13.1. The number of carbonyl (C=O) groups is 5. The van der Waals surface area contributed by atoms with Crippen LogP contribution in [-0.2, 0) is 23.1 Å². The maximum atomic E-state index is 14.1. The summed E-state index contributed by atoms with van der Waals surface area (Å²) in [6.45, 7) is 9.42. The van der Waals surface area contributed by atoms with Gasteiger partial charge in [-0.05, 0) is 98.0 Å². The number of aryl methyl sites for hydroxylation is 1. The van der Waals surface area contributed by atoms with Gasteiger partial charge in [-0.3, -0.25) is 33.9 Å². The normalized spacial score (nSPS) is 14.4. The van der Waals surface area contributed by atoms with Crippen LogP contribution in [-0.4, -0.2) is 83.5 Å². The molecule has 0 radical (unpaired) electrons. The number of thiophene rings is 1. The average Bonchev–Trinajstić information content (AvgIpc) is 4.02. The summed E-state index contributed by atoms with van der Waals surface area (Å²) in [5.41, 5.74) is 11.2. The van der Waals surface area contributed by atoms with Gasteiger partial charge in [0.1, 0.15) is 5.69 Å². The molecule has 366 valence electrons. The summed E-state index contributed by atoms with van der Waals surface area (Å²) < 4.78 is 14.2. The van der Waals surface area contributed by atoms with Crippen LogP contribution in [0.5, 0.6) is 11.5 Å². The Morgan fingerprint density at radius 3 is 2.58 bits per heavy atom. The number of nitrogens with one attached hydrogen (secondary N) is 3. The molecule has 0 saturated heterocycles. The Hall–Kier alpha value is -5.78. The van der Waals surface area contributed by atoms with Crippen LogP contribution in [0.15, 0.2) is 71.9 Å². The Morgan fingerprint density at radius 2 is 1.80 bits per heavy atom. The summed E-state index contributed by atoms with van der Waals surface area (Å²) in [7, 11) is 6.63. The fraction of sp³-hybridized carbons (Fsp3) is 0.423. The third-order valence-corrected chi connectivity index (χ3v) is 16.7. The molecule has 69 heavy (non-hydrogen) atoms. The predicted octanol–water partition coefficient (Wildman–Crippen LogP) is 10.5. The minimum absolute atomic E-state index is 0.0241. The van der Waals surface area contributed by atoms with E-state index in [1.54, 1.807) is 57.6 Å². The zero-order valence-corrected chi connectivity index (χ0v) is 42.7. The van der Waals surface area contributed by atoms with Crippen molar-refractivity contribution in [3.63, 3.8) is 0 Å². The van der Waals surface area contributed by atoms with E-state index in [9.17, 15) is 24.0 Å². The van der Waals surface area contributed by atoms with E-state index in [2.05, 4.69) is 61.8 Å². The van der Waals surface area contributed by atoms with Crippen LogP contribution in [0.4, 0.5) is 22.7 Å². The molecule has 0 aliphatic carbocycles. The van der Waals surface area contributed by atoms with Crippen molar-refractivity contribution in [2.45, 2.75) is 102 Å². The summed E-state index contributed by atoms with van der Waals surface area (Å²) in [5.74, 6) is 1.20. The number of ether oxygens (including phenoxy) is 2. The second-order valence-electron chi connectivity index (χ2n) is 18.3. The fourth-order valence-corrected chi connectivity index (χ4v) is 11.9. The van der Waals surface area contributed by atoms with Crippen molar-refractivity contribution < 1.29 is 33.4 Å². The zero-order chi connectivity index (χ0) is 49.2. The summed E-state index contributed by atoms with van der Waals surface area (Å²) in [6.07, 6.45) is 10.9. The number of hydrogen-bond acceptors (Lipinski definition) is 12. The molecular weight excluding hydrogens is 931 g/mol. The van der Waals surface area contributed by atoms with Crippen LogP contribution >= 0.6 is 32.9 Å². The lowest BCUT2D eigenvalue weighted by Crippen LogP contribution is -2.37. The number of primary amides is 1. The van der Waals surface area contributed by atoms with Gasteiger partial charge in [0, 0.05) is 77.9 Å². The molecule has 0 spiro atoms. The molecule has 2 aliphatic rings. The molecule has 5 N–H and O–H groups in total. The molecule has 17 heteroatoms. The number of anilines is 3. The highest BCUT2D eigenvalue weighted by atomic mass is 33.1. The lowest BCUT2D eigenvalue weighted by molar-refractivity contribution is -0.118. The average molecular weight is 994 g/mol. The standard InChI is InChI=1S/C52H63N7O7S3/c1-7-8-9-12-32(2)33-15-17-42-34(21-33)23-38-28-55-41-27-45(44(65-6)26-40(41)51(64)59(38)42)66-19-10-13-39(60)29-54-37-25-43(58(5)30-37)49(62)57-36-16-18-46-35(22-36)24-47(68-46)50(63)56-31-52(3,4)69-67-20-11-14-48(53)61/h15-18,21-22,24-28,30,32,38,54H,7-14,19-20,23,29,31H2,1-6H3,(H2,53,61)(H,56,63)(H,57,62)/t32?,38-/m0/s1. The lowest BCUT2D eigenvalue weighted by atomic mass is 9.93.